The first-order valence-corrected chi connectivity index (χ1v) is 4.84. The van der Waals surface area contributed by atoms with Crippen LogP contribution in [-0.2, 0) is 9.53 Å². The summed E-state index contributed by atoms with van der Waals surface area (Å²) in [6.45, 7) is -0.106. The highest BCUT2D eigenvalue weighted by atomic mass is 16.6. The summed E-state index contributed by atoms with van der Waals surface area (Å²) in [7, 11) is 0. The number of hydrogen-bond donors (Lipinski definition) is 1. The third-order valence-electron chi connectivity index (χ3n) is 3.02. The van der Waals surface area contributed by atoms with E-state index >= 15 is 0 Å². The van der Waals surface area contributed by atoms with Gasteiger partial charge in [0, 0.05) is 0 Å². The molecule has 78 valence electrons. The summed E-state index contributed by atoms with van der Waals surface area (Å²) < 4.78 is 4.72. The number of rotatable bonds is 2. The first-order chi connectivity index (χ1) is 6.68. The minimum atomic E-state index is -1.07. The van der Waals surface area contributed by atoms with Gasteiger partial charge in [0.2, 0.25) is 0 Å². The van der Waals surface area contributed by atoms with E-state index in [2.05, 4.69) is 0 Å². The standard InChI is InChI=1S/C9H13NO4/c11-8-7(4-6-2-1-3-6)10(5-14-8)9(12)13/h6-7H,1-5H2,(H,12,13)/t7-/m0/s1. The highest BCUT2D eigenvalue weighted by molar-refractivity contribution is 5.83. The third-order valence-corrected chi connectivity index (χ3v) is 3.02. The molecule has 14 heavy (non-hydrogen) atoms. The molecule has 1 saturated heterocycles. The predicted molar refractivity (Wildman–Crippen MR) is 46.6 cm³/mol. The number of esters is 1. The summed E-state index contributed by atoms with van der Waals surface area (Å²) in [5.74, 6) is 0.117. The van der Waals surface area contributed by atoms with Crippen molar-refractivity contribution in [2.45, 2.75) is 31.7 Å². The molecule has 0 aromatic rings. The summed E-state index contributed by atoms with van der Waals surface area (Å²) in [5, 5.41) is 8.80. The van der Waals surface area contributed by atoms with Crippen molar-refractivity contribution in [3.63, 3.8) is 0 Å². The molecule has 1 heterocycles. The van der Waals surface area contributed by atoms with Crippen LogP contribution >= 0.6 is 0 Å². The third kappa shape index (κ3) is 1.54. The van der Waals surface area contributed by atoms with Crippen molar-refractivity contribution in [2.24, 2.45) is 5.92 Å². The molecule has 0 bridgehead atoms. The summed E-state index contributed by atoms with van der Waals surface area (Å²) in [4.78, 5) is 23.1. The van der Waals surface area contributed by atoms with Crippen LogP contribution in [0.5, 0.6) is 0 Å². The summed E-state index contributed by atoms with van der Waals surface area (Å²) in [6, 6.07) is -0.558. The van der Waals surface area contributed by atoms with Crippen molar-refractivity contribution < 1.29 is 19.4 Å². The van der Waals surface area contributed by atoms with Gasteiger partial charge in [-0.2, -0.15) is 0 Å². The molecule has 1 aliphatic heterocycles. The molecular weight excluding hydrogens is 186 g/mol. The van der Waals surface area contributed by atoms with Crippen molar-refractivity contribution in [3.8, 4) is 0 Å². The molecule has 2 fully saturated rings. The molecule has 1 saturated carbocycles. The molecule has 0 aromatic heterocycles. The van der Waals surface area contributed by atoms with E-state index in [1.54, 1.807) is 0 Å². The highest BCUT2D eigenvalue weighted by Gasteiger charge is 2.39. The van der Waals surface area contributed by atoms with Gasteiger partial charge in [0.05, 0.1) is 0 Å². The van der Waals surface area contributed by atoms with Crippen molar-refractivity contribution in [2.75, 3.05) is 6.73 Å². The van der Waals surface area contributed by atoms with Crippen LogP contribution in [0, 0.1) is 5.92 Å². The van der Waals surface area contributed by atoms with E-state index in [0.29, 0.717) is 12.3 Å². The largest absolute Gasteiger partial charge is 0.465 e. The second-order valence-electron chi connectivity index (χ2n) is 3.89. The van der Waals surface area contributed by atoms with Crippen molar-refractivity contribution in [1.29, 1.82) is 0 Å². The quantitative estimate of drug-likeness (QED) is 0.675. The van der Waals surface area contributed by atoms with Crippen LogP contribution in [0.15, 0.2) is 0 Å². The van der Waals surface area contributed by atoms with E-state index in [0.717, 1.165) is 17.7 Å². The van der Waals surface area contributed by atoms with E-state index in [1.807, 2.05) is 0 Å². The summed E-state index contributed by atoms with van der Waals surface area (Å²) in [5.41, 5.74) is 0. The monoisotopic (exact) mass is 199 g/mol. The van der Waals surface area contributed by atoms with Gasteiger partial charge in [-0.3, -0.25) is 4.90 Å². The Kier molecular flexibility index (Phi) is 2.31. The number of carbonyl (C=O) groups is 2. The van der Waals surface area contributed by atoms with E-state index < -0.39 is 12.1 Å². The van der Waals surface area contributed by atoms with Gasteiger partial charge in [-0.25, -0.2) is 9.59 Å². The van der Waals surface area contributed by atoms with E-state index in [9.17, 15) is 9.59 Å². The average molecular weight is 199 g/mol. The van der Waals surface area contributed by atoms with Crippen LogP contribution in [0.25, 0.3) is 0 Å². The lowest BCUT2D eigenvalue weighted by Gasteiger charge is -2.28. The Balaban J connectivity index is 1.97. The fourth-order valence-electron chi connectivity index (χ4n) is 1.90. The van der Waals surface area contributed by atoms with E-state index in [4.69, 9.17) is 9.84 Å². The number of ether oxygens (including phenoxy) is 1. The molecule has 2 aliphatic rings. The molecule has 2 rings (SSSR count). The molecule has 1 amide bonds. The maximum absolute atomic E-state index is 11.2. The minimum Gasteiger partial charge on any atom is -0.465 e. The number of carbonyl (C=O) groups excluding carboxylic acids is 1. The molecule has 0 aromatic carbocycles. The predicted octanol–water partition coefficient (Wildman–Crippen LogP) is 1.04. The number of carboxylic acid groups (broad SMARTS) is 1. The Bertz CT molecular complexity index is 262. The van der Waals surface area contributed by atoms with E-state index in [-0.39, 0.29) is 12.7 Å². The van der Waals surface area contributed by atoms with Crippen LogP contribution < -0.4 is 0 Å². The van der Waals surface area contributed by atoms with Crippen LogP contribution in [0.1, 0.15) is 25.7 Å². The van der Waals surface area contributed by atoms with Gasteiger partial charge in [0.25, 0.3) is 0 Å². The first kappa shape index (κ1) is 9.30. The van der Waals surface area contributed by atoms with Gasteiger partial charge >= 0.3 is 12.1 Å². The SMILES string of the molecule is O=C1OCN(C(=O)O)[C@H]1CC1CCC1. The number of amides is 1. The molecule has 0 spiro atoms. The summed E-state index contributed by atoms with van der Waals surface area (Å²) >= 11 is 0. The zero-order valence-corrected chi connectivity index (χ0v) is 7.81. The maximum Gasteiger partial charge on any atom is 0.410 e. The molecule has 0 radical (unpaired) electrons. The van der Waals surface area contributed by atoms with Crippen molar-refractivity contribution >= 4 is 12.1 Å². The van der Waals surface area contributed by atoms with Gasteiger partial charge in [0.1, 0.15) is 6.04 Å². The van der Waals surface area contributed by atoms with Gasteiger partial charge in [-0.15, -0.1) is 0 Å². The van der Waals surface area contributed by atoms with Crippen molar-refractivity contribution in [1.82, 2.24) is 4.90 Å². The number of nitrogens with zero attached hydrogens (tertiary/aromatic N) is 1. The Labute approximate surface area is 81.6 Å². The normalized spacial score (nSPS) is 27.3. The molecule has 0 unspecified atom stereocenters. The second-order valence-corrected chi connectivity index (χ2v) is 3.89. The summed E-state index contributed by atoms with van der Waals surface area (Å²) in [6.07, 6.45) is 2.97. The van der Waals surface area contributed by atoms with Crippen LogP contribution in [0.3, 0.4) is 0 Å². The molecule has 5 nitrogen and oxygen atoms in total. The number of hydrogen-bond acceptors (Lipinski definition) is 3. The molecule has 1 aliphatic carbocycles. The molecule has 1 N–H and O–H groups in total. The average Bonchev–Trinajstić information content (AvgIpc) is 2.40. The zero-order valence-electron chi connectivity index (χ0n) is 7.81. The smallest absolute Gasteiger partial charge is 0.410 e. The Morgan fingerprint density at radius 1 is 1.57 bits per heavy atom. The zero-order chi connectivity index (χ0) is 10.1. The Hall–Kier alpha value is -1.26. The van der Waals surface area contributed by atoms with Gasteiger partial charge in [0.15, 0.2) is 6.73 Å². The van der Waals surface area contributed by atoms with Gasteiger partial charge in [-0.05, 0) is 12.3 Å². The fraction of sp³-hybridized carbons (Fsp3) is 0.778. The first-order valence-electron chi connectivity index (χ1n) is 4.84. The fourth-order valence-corrected chi connectivity index (χ4v) is 1.90. The lowest BCUT2D eigenvalue weighted by molar-refractivity contribution is -0.139. The van der Waals surface area contributed by atoms with Crippen LogP contribution in [0.4, 0.5) is 4.79 Å². The maximum atomic E-state index is 11.2. The van der Waals surface area contributed by atoms with Crippen LogP contribution in [0.2, 0.25) is 0 Å². The van der Waals surface area contributed by atoms with Crippen molar-refractivity contribution in [3.05, 3.63) is 0 Å². The van der Waals surface area contributed by atoms with Gasteiger partial charge in [-0.1, -0.05) is 19.3 Å². The highest BCUT2D eigenvalue weighted by Crippen LogP contribution is 2.33. The Morgan fingerprint density at radius 3 is 2.79 bits per heavy atom. The number of cyclic esters (lactones) is 1. The lowest BCUT2D eigenvalue weighted by Crippen LogP contribution is -2.39. The topological polar surface area (TPSA) is 66.8 Å². The molecule has 5 heteroatoms. The van der Waals surface area contributed by atoms with Gasteiger partial charge < -0.3 is 9.84 Å². The Morgan fingerprint density at radius 2 is 2.29 bits per heavy atom. The minimum absolute atomic E-state index is 0.106. The lowest BCUT2D eigenvalue weighted by atomic mass is 9.81. The molecular formula is C9H13NO4. The van der Waals surface area contributed by atoms with Crippen LogP contribution in [-0.4, -0.2) is 34.8 Å². The van der Waals surface area contributed by atoms with E-state index in [1.165, 1.54) is 6.42 Å². The second kappa shape index (κ2) is 3.48. The molecule has 1 atom stereocenters.